The lowest BCUT2D eigenvalue weighted by molar-refractivity contribution is 0.522. The summed E-state index contributed by atoms with van der Waals surface area (Å²) in [5, 5.41) is 0.722. The van der Waals surface area contributed by atoms with E-state index in [0.717, 1.165) is 17.8 Å². The Morgan fingerprint density at radius 3 is 2.95 bits per heavy atom. The Hall–Kier alpha value is -0.450. The summed E-state index contributed by atoms with van der Waals surface area (Å²) < 4.78 is 15.9. The Balaban J connectivity index is 2.17. The molecule has 3 rings (SSSR count). The number of imidazole rings is 1. The van der Waals surface area contributed by atoms with Crippen molar-refractivity contribution >= 4 is 46.0 Å². The highest BCUT2D eigenvalue weighted by Crippen LogP contribution is 2.40. The zero-order valence-electron chi connectivity index (χ0n) is 11.8. The molecular weight excluding hydrogens is 330 g/mol. The number of rotatable bonds is 4. The third kappa shape index (κ3) is 2.78. The SMILES string of the molecule is CSC1CCCC1n1c(CCCl)nc2cc(F)c(Cl)cc21. The van der Waals surface area contributed by atoms with Gasteiger partial charge < -0.3 is 4.57 Å². The standard InChI is InChI=1S/C15H17Cl2FN2S/c1-21-14-4-2-3-12(14)20-13-7-9(17)10(18)8-11(13)19-15(20)5-6-16/h7-8,12,14H,2-6H2,1H3. The third-order valence-electron chi connectivity index (χ3n) is 4.17. The quantitative estimate of drug-likeness (QED) is 0.719. The van der Waals surface area contributed by atoms with Gasteiger partial charge in [-0.05, 0) is 25.2 Å². The molecule has 1 saturated carbocycles. The number of halogens is 3. The van der Waals surface area contributed by atoms with Crippen LogP contribution in [-0.4, -0.2) is 26.9 Å². The summed E-state index contributed by atoms with van der Waals surface area (Å²) in [6, 6.07) is 3.52. The number of hydrogen-bond acceptors (Lipinski definition) is 2. The second kappa shape index (κ2) is 6.35. The smallest absolute Gasteiger partial charge is 0.144 e. The molecular formula is C15H17Cl2FN2S. The molecule has 2 atom stereocenters. The molecule has 6 heteroatoms. The van der Waals surface area contributed by atoms with Crippen LogP contribution >= 0.6 is 35.0 Å². The van der Waals surface area contributed by atoms with Crippen LogP contribution in [0.2, 0.25) is 5.02 Å². The summed E-state index contributed by atoms with van der Waals surface area (Å²) in [6.07, 6.45) is 6.39. The normalized spacial score (nSPS) is 22.3. The topological polar surface area (TPSA) is 17.8 Å². The van der Waals surface area contributed by atoms with Gasteiger partial charge in [-0.1, -0.05) is 18.0 Å². The van der Waals surface area contributed by atoms with Gasteiger partial charge in [0.15, 0.2) is 0 Å². The molecule has 21 heavy (non-hydrogen) atoms. The van der Waals surface area contributed by atoms with Crippen LogP contribution in [0.4, 0.5) is 4.39 Å². The van der Waals surface area contributed by atoms with Crippen molar-refractivity contribution < 1.29 is 4.39 Å². The van der Waals surface area contributed by atoms with Gasteiger partial charge >= 0.3 is 0 Å². The van der Waals surface area contributed by atoms with Crippen LogP contribution in [0.3, 0.4) is 0 Å². The van der Waals surface area contributed by atoms with Crippen LogP contribution in [-0.2, 0) is 6.42 Å². The first-order chi connectivity index (χ1) is 10.2. The fraction of sp³-hybridized carbons (Fsp3) is 0.533. The van der Waals surface area contributed by atoms with E-state index in [4.69, 9.17) is 23.2 Å². The summed E-state index contributed by atoms with van der Waals surface area (Å²) in [4.78, 5) is 4.59. The molecule has 114 valence electrons. The van der Waals surface area contributed by atoms with Gasteiger partial charge in [0.25, 0.3) is 0 Å². The van der Waals surface area contributed by atoms with E-state index in [9.17, 15) is 4.39 Å². The van der Waals surface area contributed by atoms with E-state index in [1.807, 2.05) is 11.8 Å². The van der Waals surface area contributed by atoms with Crippen molar-refractivity contribution in [3.63, 3.8) is 0 Å². The fourth-order valence-corrected chi connectivity index (χ4v) is 4.55. The minimum absolute atomic E-state index is 0.153. The molecule has 0 aliphatic heterocycles. The first-order valence-corrected chi connectivity index (χ1v) is 9.30. The van der Waals surface area contributed by atoms with Gasteiger partial charge in [0, 0.05) is 29.7 Å². The number of alkyl halides is 1. The number of fused-ring (bicyclic) bond motifs is 1. The number of aromatic nitrogens is 2. The van der Waals surface area contributed by atoms with Crippen molar-refractivity contribution in [1.29, 1.82) is 0 Å². The van der Waals surface area contributed by atoms with Crippen LogP contribution in [0.1, 0.15) is 31.1 Å². The highest BCUT2D eigenvalue weighted by atomic mass is 35.5. The minimum atomic E-state index is -0.418. The number of hydrogen-bond donors (Lipinski definition) is 0. The van der Waals surface area contributed by atoms with Gasteiger partial charge in [-0.15, -0.1) is 11.6 Å². The zero-order chi connectivity index (χ0) is 15.0. The lowest BCUT2D eigenvalue weighted by Crippen LogP contribution is -2.18. The van der Waals surface area contributed by atoms with E-state index in [1.165, 1.54) is 18.9 Å². The maximum Gasteiger partial charge on any atom is 0.144 e. The number of thioether (sulfide) groups is 1. The molecule has 2 unspecified atom stereocenters. The van der Waals surface area contributed by atoms with E-state index < -0.39 is 5.82 Å². The zero-order valence-corrected chi connectivity index (χ0v) is 14.1. The number of nitrogens with zero attached hydrogens (tertiary/aromatic N) is 2. The van der Waals surface area contributed by atoms with E-state index in [0.29, 0.717) is 29.1 Å². The molecule has 1 aliphatic carbocycles. The average molecular weight is 347 g/mol. The van der Waals surface area contributed by atoms with Gasteiger partial charge in [0.05, 0.1) is 16.1 Å². The summed E-state index contributed by atoms with van der Waals surface area (Å²) in [5.41, 5.74) is 1.59. The van der Waals surface area contributed by atoms with Gasteiger partial charge in [-0.2, -0.15) is 11.8 Å². The predicted molar refractivity (Wildman–Crippen MR) is 89.3 cm³/mol. The molecule has 1 aromatic carbocycles. The highest BCUT2D eigenvalue weighted by molar-refractivity contribution is 7.99. The van der Waals surface area contributed by atoms with Crippen LogP contribution in [0, 0.1) is 5.82 Å². The molecule has 0 radical (unpaired) electrons. The molecule has 1 fully saturated rings. The highest BCUT2D eigenvalue weighted by Gasteiger charge is 2.31. The second-order valence-corrected chi connectivity index (χ2v) is 7.23. The molecule has 1 aromatic heterocycles. The second-order valence-electron chi connectivity index (χ2n) is 5.36. The van der Waals surface area contributed by atoms with Crippen molar-refractivity contribution in [2.75, 3.05) is 12.1 Å². The summed E-state index contributed by atoms with van der Waals surface area (Å²) >= 11 is 13.8. The molecule has 0 saturated heterocycles. The predicted octanol–water partition coefficient (Wildman–Crippen LogP) is 5.07. The van der Waals surface area contributed by atoms with Crippen molar-refractivity contribution in [2.45, 2.75) is 37.0 Å². The van der Waals surface area contributed by atoms with E-state index in [-0.39, 0.29) is 5.02 Å². The minimum Gasteiger partial charge on any atom is -0.324 e. The Morgan fingerprint density at radius 1 is 1.43 bits per heavy atom. The lowest BCUT2D eigenvalue weighted by atomic mass is 10.2. The average Bonchev–Trinajstić information content (AvgIpc) is 3.03. The molecule has 1 heterocycles. The Kier molecular flexibility index (Phi) is 4.67. The Morgan fingerprint density at radius 2 is 2.24 bits per heavy atom. The monoisotopic (exact) mass is 346 g/mol. The summed E-state index contributed by atoms with van der Waals surface area (Å²) in [7, 11) is 0. The van der Waals surface area contributed by atoms with E-state index in [1.54, 1.807) is 6.07 Å². The van der Waals surface area contributed by atoms with Crippen molar-refractivity contribution in [3.8, 4) is 0 Å². The summed E-state index contributed by atoms with van der Waals surface area (Å²) in [5.74, 6) is 1.03. The lowest BCUT2D eigenvalue weighted by Gasteiger charge is -2.22. The molecule has 1 aliphatic rings. The molecule has 0 N–H and O–H groups in total. The molecule has 0 amide bonds. The number of benzene rings is 1. The number of aryl methyl sites for hydroxylation is 1. The van der Waals surface area contributed by atoms with Gasteiger partial charge in [0.2, 0.25) is 0 Å². The van der Waals surface area contributed by atoms with Crippen molar-refractivity contribution in [2.24, 2.45) is 0 Å². The van der Waals surface area contributed by atoms with E-state index >= 15 is 0 Å². The van der Waals surface area contributed by atoms with Crippen molar-refractivity contribution in [1.82, 2.24) is 9.55 Å². The van der Waals surface area contributed by atoms with Gasteiger partial charge in [-0.3, -0.25) is 0 Å². The summed E-state index contributed by atoms with van der Waals surface area (Å²) in [6.45, 7) is 0. The van der Waals surface area contributed by atoms with Crippen LogP contribution in [0.15, 0.2) is 12.1 Å². The van der Waals surface area contributed by atoms with Crippen LogP contribution in [0.5, 0.6) is 0 Å². The third-order valence-corrected chi connectivity index (χ3v) is 5.81. The van der Waals surface area contributed by atoms with Crippen LogP contribution < -0.4 is 0 Å². The van der Waals surface area contributed by atoms with Gasteiger partial charge in [0.1, 0.15) is 11.6 Å². The van der Waals surface area contributed by atoms with Crippen molar-refractivity contribution in [3.05, 3.63) is 28.8 Å². The van der Waals surface area contributed by atoms with Crippen LogP contribution in [0.25, 0.3) is 11.0 Å². The largest absolute Gasteiger partial charge is 0.324 e. The Labute approximate surface area is 138 Å². The van der Waals surface area contributed by atoms with Gasteiger partial charge in [-0.25, -0.2) is 9.37 Å². The van der Waals surface area contributed by atoms with E-state index in [2.05, 4.69) is 15.8 Å². The first kappa shape index (κ1) is 15.4. The maximum atomic E-state index is 13.7. The molecule has 2 aromatic rings. The first-order valence-electron chi connectivity index (χ1n) is 7.10. The molecule has 2 nitrogen and oxygen atoms in total. The maximum absolute atomic E-state index is 13.7. The Bertz CT molecular complexity index is 659. The molecule has 0 spiro atoms. The molecule has 0 bridgehead atoms. The fourth-order valence-electron chi connectivity index (χ4n) is 3.25.